The highest BCUT2D eigenvalue weighted by molar-refractivity contribution is 6.43. The van der Waals surface area contributed by atoms with Crippen molar-refractivity contribution in [2.24, 2.45) is 0 Å². The van der Waals surface area contributed by atoms with Crippen molar-refractivity contribution >= 4 is 17.5 Å². The number of carbonyl (C=O) groups excluding carboxylic acids is 2. The van der Waals surface area contributed by atoms with E-state index in [1.54, 1.807) is 0 Å². The molecule has 1 aromatic rings. The molecule has 0 heterocycles. The van der Waals surface area contributed by atoms with Gasteiger partial charge in [-0.05, 0) is 12.1 Å². The smallest absolute Gasteiger partial charge is 0.303 e. The summed E-state index contributed by atoms with van der Waals surface area (Å²) in [4.78, 5) is 32.8. The summed E-state index contributed by atoms with van der Waals surface area (Å²) in [7, 11) is 0. The number of halogens is 1. The summed E-state index contributed by atoms with van der Waals surface area (Å²) in [5.74, 6) is -3.84. The SMILES string of the molecule is O=C(O)CCC(=O)C(=O)c1ccccc1F. The molecule has 0 amide bonds. The van der Waals surface area contributed by atoms with Crippen LogP contribution < -0.4 is 0 Å². The molecule has 0 aliphatic heterocycles. The van der Waals surface area contributed by atoms with Gasteiger partial charge in [0.25, 0.3) is 0 Å². The van der Waals surface area contributed by atoms with Crippen LogP contribution in [0.4, 0.5) is 4.39 Å². The van der Waals surface area contributed by atoms with Crippen molar-refractivity contribution in [3.05, 3.63) is 35.6 Å². The van der Waals surface area contributed by atoms with Gasteiger partial charge in [-0.1, -0.05) is 12.1 Å². The monoisotopic (exact) mass is 224 g/mol. The number of carboxylic acids is 1. The molecule has 0 saturated heterocycles. The average Bonchev–Trinajstić information content (AvgIpc) is 2.25. The summed E-state index contributed by atoms with van der Waals surface area (Å²) in [6.07, 6.45) is -0.846. The van der Waals surface area contributed by atoms with Crippen LogP contribution in [0.5, 0.6) is 0 Å². The minimum Gasteiger partial charge on any atom is -0.481 e. The number of benzene rings is 1. The molecule has 0 bridgehead atoms. The van der Waals surface area contributed by atoms with Gasteiger partial charge < -0.3 is 5.11 Å². The Morgan fingerprint density at radius 2 is 1.75 bits per heavy atom. The molecule has 1 aromatic carbocycles. The number of Topliss-reactive ketones (excluding diaryl/α,β-unsaturated/α-hetero) is 2. The minimum atomic E-state index is -1.17. The molecule has 4 nitrogen and oxygen atoms in total. The van der Waals surface area contributed by atoms with Crippen LogP contribution in [0.15, 0.2) is 24.3 Å². The van der Waals surface area contributed by atoms with E-state index in [9.17, 15) is 18.8 Å². The van der Waals surface area contributed by atoms with Crippen molar-refractivity contribution in [2.45, 2.75) is 12.8 Å². The summed E-state index contributed by atoms with van der Waals surface area (Å²) in [6.45, 7) is 0. The summed E-state index contributed by atoms with van der Waals surface area (Å²) < 4.78 is 13.1. The Morgan fingerprint density at radius 3 is 2.31 bits per heavy atom. The van der Waals surface area contributed by atoms with Crippen LogP contribution in [0.3, 0.4) is 0 Å². The van der Waals surface area contributed by atoms with Gasteiger partial charge in [0.05, 0.1) is 12.0 Å². The van der Waals surface area contributed by atoms with E-state index >= 15 is 0 Å². The third-order valence-electron chi connectivity index (χ3n) is 1.94. The molecule has 5 heteroatoms. The molecular weight excluding hydrogens is 215 g/mol. The third-order valence-corrected chi connectivity index (χ3v) is 1.94. The second kappa shape index (κ2) is 5.16. The Morgan fingerprint density at radius 1 is 1.12 bits per heavy atom. The van der Waals surface area contributed by atoms with Crippen LogP contribution >= 0.6 is 0 Å². The van der Waals surface area contributed by atoms with E-state index in [1.165, 1.54) is 18.2 Å². The van der Waals surface area contributed by atoms with Gasteiger partial charge in [0.2, 0.25) is 11.6 Å². The van der Waals surface area contributed by atoms with Crippen LogP contribution in [0.2, 0.25) is 0 Å². The highest BCUT2D eigenvalue weighted by Gasteiger charge is 2.19. The van der Waals surface area contributed by atoms with Crippen molar-refractivity contribution in [1.29, 1.82) is 0 Å². The van der Waals surface area contributed by atoms with E-state index in [1.807, 2.05) is 0 Å². The van der Waals surface area contributed by atoms with Crippen LogP contribution in [-0.4, -0.2) is 22.6 Å². The van der Waals surface area contributed by atoms with E-state index in [4.69, 9.17) is 5.11 Å². The number of ketones is 2. The molecule has 84 valence electrons. The average molecular weight is 224 g/mol. The highest BCUT2D eigenvalue weighted by Crippen LogP contribution is 2.09. The third kappa shape index (κ3) is 2.98. The van der Waals surface area contributed by atoms with Gasteiger partial charge in [0, 0.05) is 6.42 Å². The summed E-state index contributed by atoms with van der Waals surface area (Å²) in [5, 5.41) is 8.33. The number of hydrogen-bond donors (Lipinski definition) is 1. The number of rotatable bonds is 5. The van der Waals surface area contributed by atoms with Gasteiger partial charge in [-0.2, -0.15) is 0 Å². The molecule has 0 unspecified atom stereocenters. The standard InChI is InChI=1S/C11H9FO4/c12-8-4-2-1-3-7(8)11(16)9(13)5-6-10(14)15/h1-4H,5-6H2,(H,14,15). The first-order valence-corrected chi connectivity index (χ1v) is 4.56. The van der Waals surface area contributed by atoms with Crippen LogP contribution in [0.1, 0.15) is 23.2 Å². The topological polar surface area (TPSA) is 71.4 Å². The van der Waals surface area contributed by atoms with E-state index in [0.717, 1.165) is 6.07 Å². The Bertz CT molecular complexity index is 439. The Kier molecular flexibility index (Phi) is 3.88. The predicted molar refractivity (Wildman–Crippen MR) is 52.6 cm³/mol. The largest absolute Gasteiger partial charge is 0.481 e. The molecule has 0 fully saturated rings. The van der Waals surface area contributed by atoms with Crippen molar-refractivity contribution in [2.75, 3.05) is 0 Å². The van der Waals surface area contributed by atoms with Crippen LogP contribution in [-0.2, 0) is 9.59 Å². The van der Waals surface area contributed by atoms with Crippen molar-refractivity contribution < 1.29 is 23.9 Å². The maximum absolute atomic E-state index is 13.1. The fraction of sp³-hybridized carbons (Fsp3) is 0.182. The van der Waals surface area contributed by atoms with E-state index in [2.05, 4.69) is 0 Å². The van der Waals surface area contributed by atoms with Crippen molar-refractivity contribution in [3.8, 4) is 0 Å². The maximum Gasteiger partial charge on any atom is 0.303 e. The molecule has 0 aliphatic rings. The fourth-order valence-corrected chi connectivity index (χ4v) is 1.13. The first kappa shape index (κ1) is 12.0. The maximum atomic E-state index is 13.1. The second-order valence-electron chi connectivity index (χ2n) is 3.13. The first-order chi connectivity index (χ1) is 7.52. The van der Waals surface area contributed by atoms with Gasteiger partial charge in [-0.3, -0.25) is 14.4 Å². The minimum absolute atomic E-state index is 0.321. The molecule has 0 radical (unpaired) electrons. The molecule has 1 N–H and O–H groups in total. The summed E-state index contributed by atoms with van der Waals surface area (Å²) >= 11 is 0. The zero-order chi connectivity index (χ0) is 12.1. The normalized spacial score (nSPS) is 9.81. The number of hydrogen-bond acceptors (Lipinski definition) is 3. The summed E-state index contributed by atoms with van der Waals surface area (Å²) in [6, 6.07) is 5.09. The van der Waals surface area contributed by atoms with Crippen LogP contribution in [0.25, 0.3) is 0 Å². The van der Waals surface area contributed by atoms with Gasteiger partial charge in [0.15, 0.2) is 0 Å². The number of aliphatic carboxylic acids is 1. The Balaban J connectivity index is 2.75. The quantitative estimate of drug-likeness (QED) is 0.606. The number of carbonyl (C=O) groups is 3. The van der Waals surface area contributed by atoms with Crippen LogP contribution in [0, 0.1) is 5.82 Å². The van der Waals surface area contributed by atoms with E-state index in [-0.39, 0.29) is 5.56 Å². The highest BCUT2D eigenvalue weighted by atomic mass is 19.1. The van der Waals surface area contributed by atoms with E-state index < -0.39 is 36.2 Å². The fourth-order valence-electron chi connectivity index (χ4n) is 1.13. The molecule has 0 spiro atoms. The van der Waals surface area contributed by atoms with Crippen molar-refractivity contribution in [3.63, 3.8) is 0 Å². The van der Waals surface area contributed by atoms with Gasteiger partial charge >= 0.3 is 5.97 Å². The molecule has 0 saturated carbocycles. The lowest BCUT2D eigenvalue weighted by Gasteiger charge is -2.00. The zero-order valence-corrected chi connectivity index (χ0v) is 8.27. The molecule has 0 aromatic heterocycles. The lowest BCUT2D eigenvalue weighted by atomic mass is 10.0. The molecule has 0 atom stereocenters. The zero-order valence-electron chi connectivity index (χ0n) is 8.27. The van der Waals surface area contributed by atoms with Crippen molar-refractivity contribution in [1.82, 2.24) is 0 Å². The molecular formula is C11H9FO4. The Labute approximate surface area is 90.7 Å². The van der Waals surface area contributed by atoms with Gasteiger partial charge in [0.1, 0.15) is 5.82 Å². The Hall–Kier alpha value is -2.04. The van der Waals surface area contributed by atoms with Gasteiger partial charge in [-0.15, -0.1) is 0 Å². The van der Waals surface area contributed by atoms with E-state index in [0.29, 0.717) is 0 Å². The molecule has 0 aliphatic carbocycles. The summed E-state index contributed by atoms with van der Waals surface area (Å²) in [5.41, 5.74) is -0.321. The lowest BCUT2D eigenvalue weighted by Crippen LogP contribution is -2.16. The second-order valence-corrected chi connectivity index (χ2v) is 3.13. The predicted octanol–water partition coefficient (Wildman–Crippen LogP) is 1.44. The molecule has 16 heavy (non-hydrogen) atoms. The number of carboxylic acid groups (broad SMARTS) is 1. The first-order valence-electron chi connectivity index (χ1n) is 4.56. The molecule has 1 rings (SSSR count). The van der Waals surface area contributed by atoms with Gasteiger partial charge in [-0.25, -0.2) is 4.39 Å². The lowest BCUT2D eigenvalue weighted by molar-refractivity contribution is -0.138.